The molecule has 0 atom stereocenters. The lowest BCUT2D eigenvalue weighted by Crippen LogP contribution is -2.49. The maximum Gasteiger partial charge on any atom is 0.322 e. The molecule has 1 aromatic carbocycles. The molecule has 0 aliphatic carbocycles. The predicted molar refractivity (Wildman–Crippen MR) is 93.5 cm³/mol. The van der Waals surface area contributed by atoms with Crippen LogP contribution in [-0.4, -0.2) is 43.6 Å². The fourth-order valence-corrected chi connectivity index (χ4v) is 2.72. The van der Waals surface area contributed by atoms with Crippen molar-refractivity contribution in [3.05, 3.63) is 29.3 Å². The van der Waals surface area contributed by atoms with Crippen LogP contribution >= 0.6 is 0 Å². The van der Waals surface area contributed by atoms with E-state index in [-0.39, 0.29) is 6.03 Å². The minimum Gasteiger partial charge on any atom is -0.385 e. The van der Waals surface area contributed by atoms with Crippen molar-refractivity contribution in [3.8, 4) is 0 Å². The highest BCUT2D eigenvalue weighted by atomic mass is 16.5. The number of ether oxygens (including phenoxy) is 1. The first-order chi connectivity index (χ1) is 11.1. The number of carbonyl (C=O) groups is 1. The van der Waals surface area contributed by atoms with Crippen LogP contribution in [0.2, 0.25) is 0 Å². The van der Waals surface area contributed by atoms with Gasteiger partial charge in [0.15, 0.2) is 0 Å². The Labute approximate surface area is 138 Å². The number of benzene rings is 1. The quantitative estimate of drug-likeness (QED) is 0.783. The lowest BCUT2D eigenvalue weighted by atomic mass is 10.1. The number of nitrogens with zero attached hydrogens (tertiary/aromatic N) is 2. The first-order valence-corrected chi connectivity index (χ1v) is 8.36. The summed E-state index contributed by atoms with van der Waals surface area (Å²) in [6, 6.07) is 6.15. The van der Waals surface area contributed by atoms with Gasteiger partial charge >= 0.3 is 6.03 Å². The second-order valence-electron chi connectivity index (χ2n) is 5.89. The van der Waals surface area contributed by atoms with Crippen molar-refractivity contribution >= 4 is 17.6 Å². The van der Waals surface area contributed by atoms with Crippen LogP contribution in [0.3, 0.4) is 0 Å². The zero-order chi connectivity index (χ0) is 16.7. The number of unbranched alkanes of at least 4 members (excludes halogenated alkanes) is 1. The number of amides is 2. The molecule has 23 heavy (non-hydrogen) atoms. The normalized spacial score (nSPS) is 16.7. The van der Waals surface area contributed by atoms with Crippen LogP contribution < -0.4 is 5.32 Å². The minimum atomic E-state index is -0.0461. The van der Waals surface area contributed by atoms with Gasteiger partial charge in [0.2, 0.25) is 0 Å². The average Bonchev–Trinajstić information content (AvgIpc) is 2.55. The van der Waals surface area contributed by atoms with Gasteiger partial charge in [-0.25, -0.2) is 9.79 Å². The van der Waals surface area contributed by atoms with E-state index < -0.39 is 0 Å². The molecule has 1 fully saturated rings. The van der Waals surface area contributed by atoms with Gasteiger partial charge in [-0.1, -0.05) is 13.0 Å². The molecule has 1 aromatic rings. The van der Waals surface area contributed by atoms with Gasteiger partial charge < -0.3 is 9.64 Å². The Balaban J connectivity index is 1.93. The van der Waals surface area contributed by atoms with Crippen LogP contribution in [0.5, 0.6) is 0 Å². The van der Waals surface area contributed by atoms with E-state index in [9.17, 15) is 4.79 Å². The monoisotopic (exact) mass is 317 g/mol. The number of aliphatic imine (C=N–C) groups is 1. The Morgan fingerprint density at radius 2 is 2.17 bits per heavy atom. The van der Waals surface area contributed by atoms with Crippen molar-refractivity contribution in [1.29, 1.82) is 0 Å². The van der Waals surface area contributed by atoms with Crippen LogP contribution in [0.25, 0.3) is 0 Å². The fourth-order valence-electron chi connectivity index (χ4n) is 2.72. The Morgan fingerprint density at radius 3 is 2.87 bits per heavy atom. The molecule has 1 aliphatic heterocycles. The lowest BCUT2D eigenvalue weighted by Gasteiger charge is -2.28. The molecule has 5 nitrogen and oxygen atoms in total. The first-order valence-electron chi connectivity index (χ1n) is 8.36. The summed E-state index contributed by atoms with van der Waals surface area (Å²) in [6.07, 6.45) is 3.70. The van der Waals surface area contributed by atoms with E-state index in [4.69, 9.17) is 4.74 Å². The van der Waals surface area contributed by atoms with Gasteiger partial charge in [-0.3, -0.25) is 5.32 Å². The molecule has 5 heteroatoms. The standard InChI is InChI=1S/C18H27N3O2/c1-4-15-13-16(8-7-14(15)2)19-17-9-11-21(18(22)20-17)10-5-6-12-23-3/h7-8,13H,4-6,9-12H2,1-3H3,(H,19,20,22). The predicted octanol–water partition coefficient (Wildman–Crippen LogP) is 3.43. The zero-order valence-electron chi connectivity index (χ0n) is 14.4. The second-order valence-corrected chi connectivity index (χ2v) is 5.89. The van der Waals surface area contributed by atoms with Crippen molar-refractivity contribution in [1.82, 2.24) is 10.2 Å². The van der Waals surface area contributed by atoms with Crippen molar-refractivity contribution in [2.24, 2.45) is 4.99 Å². The molecule has 2 rings (SSSR count). The zero-order valence-corrected chi connectivity index (χ0v) is 14.4. The Kier molecular flexibility index (Phi) is 6.59. The number of urea groups is 1. The molecule has 1 saturated heterocycles. The van der Waals surface area contributed by atoms with Gasteiger partial charge in [0.25, 0.3) is 0 Å². The van der Waals surface area contributed by atoms with Crippen molar-refractivity contribution in [2.45, 2.75) is 39.5 Å². The summed E-state index contributed by atoms with van der Waals surface area (Å²) < 4.78 is 5.03. The van der Waals surface area contributed by atoms with Crippen LogP contribution in [0, 0.1) is 6.92 Å². The molecule has 0 aromatic heterocycles. The average molecular weight is 317 g/mol. The van der Waals surface area contributed by atoms with E-state index in [0.717, 1.165) is 56.9 Å². The van der Waals surface area contributed by atoms with Crippen molar-refractivity contribution < 1.29 is 9.53 Å². The van der Waals surface area contributed by atoms with E-state index in [2.05, 4.69) is 36.3 Å². The third-order valence-electron chi connectivity index (χ3n) is 4.16. The smallest absolute Gasteiger partial charge is 0.322 e. The summed E-state index contributed by atoms with van der Waals surface area (Å²) in [5.74, 6) is 0.758. The van der Waals surface area contributed by atoms with Crippen LogP contribution in [0.4, 0.5) is 10.5 Å². The number of hydrogen-bond donors (Lipinski definition) is 1. The molecular formula is C18H27N3O2. The van der Waals surface area contributed by atoms with Gasteiger partial charge in [0.1, 0.15) is 5.84 Å². The summed E-state index contributed by atoms with van der Waals surface area (Å²) in [6.45, 7) is 6.50. The van der Waals surface area contributed by atoms with Gasteiger partial charge in [-0.05, 0) is 49.4 Å². The summed E-state index contributed by atoms with van der Waals surface area (Å²) in [7, 11) is 1.70. The van der Waals surface area contributed by atoms with Gasteiger partial charge in [-0.15, -0.1) is 0 Å². The molecule has 1 heterocycles. The summed E-state index contributed by atoms with van der Waals surface area (Å²) in [5, 5.41) is 2.91. The number of amidine groups is 1. The largest absolute Gasteiger partial charge is 0.385 e. The van der Waals surface area contributed by atoms with Crippen LogP contribution in [0.15, 0.2) is 23.2 Å². The lowest BCUT2D eigenvalue weighted by molar-refractivity contribution is 0.179. The Bertz CT molecular complexity index is 569. The van der Waals surface area contributed by atoms with Gasteiger partial charge in [0.05, 0.1) is 5.69 Å². The number of methoxy groups -OCH3 is 1. The van der Waals surface area contributed by atoms with E-state index >= 15 is 0 Å². The molecule has 0 radical (unpaired) electrons. The Morgan fingerprint density at radius 1 is 1.35 bits per heavy atom. The van der Waals surface area contributed by atoms with Gasteiger partial charge in [0, 0.05) is 33.2 Å². The van der Waals surface area contributed by atoms with Crippen molar-refractivity contribution in [2.75, 3.05) is 26.8 Å². The minimum absolute atomic E-state index is 0.0461. The molecule has 0 saturated carbocycles. The fraction of sp³-hybridized carbons (Fsp3) is 0.556. The van der Waals surface area contributed by atoms with E-state index in [1.807, 2.05) is 11.0 Å². The maximum absolute atomic E-state index is 12.1. The van der Waals surface area contributed by atoms with Crippen LogP contribution in [-0.2, 0) is 11.2 Å². The highest BCUT2D eigenvalue weighted by Gasteiger charge is 2.21. The second kappa shape index (κ2) is 8.67. The molecule has 0 spiro atoms. The molecule has 1 N–H and O–H groups in total. The first kappa shape index (κ1) is 17.5. The number of nitrogens with one attached hydrogen (secondary N) is 1. The van der Waals surface area contributed by atoms with E-state index in [1.165, 1.54) is 11.1 Å². The third kappa shape index (κ3) is 5.06. The number of carbonyl (C=O) groups excluding carboxylic acids is 1. The van der Waals surface area contributed by atoms with Crippen molar-refractivity contribution in [3.63, 3.8) is 0 Å². The van der Waals surface area contributed by atoms with E-state index in [0.29, 0.717) is 0 Å². The summed E-state index contributed by atoms with van der Waals surface area (Å²) >= 11 is 0. The Hall–Kier alpha value is -1.88. The summed E-state index contributed by atoms with van der Waals surface area (Å²) in [4.78, 5) is 18.6. The maximum atomic E-state index is 12.1. The topological polar surface area (TPSA) is 53.9 Å². The highest BCUT2D eigenvalue weighted by molar-refractivity contribution is 6.00. The molecular weight excluding hydrogens is 290 g/mol. The van der Waals surface area contributed by atoms with Crippen LogP contribution in [0.1, 0.15) is 37.3 Å². The third-order valence-corrected chi connectivity index (χ3v) is 4.16. The summed E-state index contributed by atoms with van der Waals surface area (Å²) in [5.41, 5.74) is 3.50. The molecule has 2 amide bonds. The SMILES string of the molecule is CCc1cc(N=C2CCN(CCCCOC)C(=O)N2)ccc1C. The number of rotatable bonds is 7. The number of aryl methyl sites for hydroxylation is 2. The molecule has 0 bridgehead atoms. The highest BCUT2D eigenvalue weighted by Crippen LogP contribution is 2.19. The number of hydrogen-bond acceptors (Lipinski definition) is 3. The molecule has 126 valence electrons. The van der Waals surface area contributed by atoms with E-state index in [1.54, 1.807) is 7.11 Å². The molecule has 0 unspecified atom stereocenters. The molecule has 1 aliphatic rings. The van der Waals surface area contributed by atoms with Gasteiger partial charge in [-0.2, -0.15) is 0 Å².